The van der Waals surface area contributed by atoms with Gasteiger partial charge in [-0.05, 0) is 51.1 Å². The molecule has 2 heterocycles. The van der Waals surface area contributed by atoms with Gasteiger partial charge in [0.1, 0.15) is 0 Å². The van der Waals surface area contributed by atoms with Crippen LogP contribution in [0.3, 0.4) is 0 Å². The van der Waals surface area contributed by atoms with E-state index < -0.39 is 0 Å². The second-order valence-electron chi connectivity index (χ2n) is 7.56. The Morgan fingerprint density at radius 1 is 1.18 bits per heavy atom. The summed E-state index contributed by atoms with van der Waals surface area (Å²) >= 11 is 1.62. The maximum absolute atomic E-state index is 12.6. The molecule has 5 nitrogen and oxygen atoms in total. The molecule has 1 saturated carbocycles. The lowest BCUT2D eigenvalue weighted by Crippen LogP contribution is -2.51. The van der Waals surface area contributed by atoms with Crippen molar-refractivity contribution in [3.8, 4) is 11.3 Å². The molecule has 6 heteroatoms. The van der Waals surface area contributed by atoms with Crippen LogP contribution >= 0.6 is 11.3 Å². The SMILES string of the molecule is CN[C@H]1C[C@H](NC(=O)c2ccc3c(c2)sc2nc(-c4cccc(C)c4)cn23)C1. The minimum absolute atomic E-state index is 0.00735. The van der Waals surface area contributed by atoms with Crippen molar-refractivity contribution in [2.24, 2.45) is 0 Å². The molecule has 2 N–H and O–H groups in total. The number of carbonyl (C=O) groups is 1. The zero-order valence-electron chi connectivity index (χ0n) is 15.9. The first-order valence-electron chi connectivity index (χ1n) is 9.57. The first-order valence-corrected chi connectivity index (χ1v) is 10.4. The van der Waals surface area contributed by atoms with Gasteiger partial charge in [0.15, 0.2) is 4.96 Å². The summed E-state index contributed by atoms with van der Waals surface area (Å²) in [6.07, 6.45) is 4.08. The standard InChI is InChI=1S/C22H22N4OS/c1-13-4-3-5-14(8-13)18-12-26-19-7-6-15(9-20(19)28-22(26)25-18)21(27)24-17-10-16(11-17)23-2/h3-9,12,16-17,23H,10-11H2,1-2H3,(H,24,27)/t16-,17-. The molecule has 0 aliphatic heterocycles. The quantitative estimate of drug-likeness (QED) is 0.554. The molecule has 0 saturated heterocycles. The predicted molar refractivity (Wildman–Crippen MR) is 114 cm³/mol. The molecule has 2 aromatic heterocycles. The maximum Gasteiger partial charge on any atom is 0.251 e. The van der Waals surface area contributed by atoms with Crippen molar-refractivity contribution in [2.75, 3.05) is 7.05 Å². The predicted octanol–water partition coefficient (Wildman–Crippen LogP) is 4.00. The number of benzene rings is 2. The van der Waals surface area contributed by atoms with Crippen LogP contribution in [0.15, 0.2) is 48.7 Å². The third kappa shape index (κ3) is 2.99. The number of aromatic nitrogens is 2. The monoisotopic (exact) mass is 390 g/mol. The number of hydrogen-bond donors (Lipinski definition) is 2. The van der Waals surface area contributed by atoms with Crippen molar-refractivity contribution in [1.82, 2.24) is 20.0 Å². The third-order valence-corrected chi connectivity index (χ3v) is 6.57. The molecule has 28 heavy (non-hydrogen) atoms. The Bertz CT molecular complexity index is 1190. The Kier molecular flexibility index (Phi) is 4.18. The number of rotatable bonds is 4. The summed E-state index contributed by atoms with van der Waals surface area (Å²) in [5.41, 5.74) is 5.12. The number of hydrogen-bond acceptors (Lipinski definition) is 4. The van der Waals surface area contributed by atoms with Crippen LogP contribution in [0.4, 0.5) is 0 Å². The van der Waals surface area contributed by atoms with Gasteiger partial charge in [0.05, 0.1) is 15.9 Å². The van der Waals surface area contributed by atoms with Crippen molar-refractivity contribution < 1.29 is 4.79 Å². The molecule has 0 spiro atoms. The van der Waals surface area contributed by atoms with Gasteiger partial charge in [-0.1, -0.05) is 35.1 Å². The molecule has 0 bridgehead atoms. The van der Waals surface area contributed by atoms with Gasteiger partial charge in [0.25, 0.3) is 5.91 Å². The summed E-state index contributed by atoms with van der Waals surface area (Å²) in [6, 6.07) is 15.1. The van der Waals surface area contributed by atoms with Gasteiger partial charge < -0.3 is 10.6 Å². The number of aryl methyl sites for hydroxylation is 1. The van der Waals surface area contributed by atoms with Crippen molar-refractivity contribution in [3.05, 3.63) is 59.8 Å². The molecule has 1 amide bonds. The molecule has 0 atom stereocenters. The van der Waals surface area contributed by atoms with Gasteiger partial charge in [-0.15, -0.1) is 0 Å². The van der Waals surface area contributed by atoms with Crippen LogP contribution in [0.5, 0.6) is 0 Å². The molecule has 142 valence electrons. The fourth-order valence-corrected chi connectivity index (χ4v) is 4.87. The highest BCUT2D eigenvalue weighted by Crippen LogP contribution is 2.30. The van der Waals surface area contributed by atoms with E-state index >= 15 is 0 Å². The topological polar surface area (TPSA) is 58.4 Å². The molecule has 0 radical (unpaired) electrons. The van der Waals surface area contributed by atoms with Gasteiger partial charge >= 0.3 is 0 Å². The molecule has 1 aliphatic rings. The van der Waals surface area contributed by atoms with Gasteiger partial charge in [-0.3, -0.25) is 9.20 Å². The summed E-state index contributed by atoms with van der Waals surface area (Å²) in [4.78, 5) is 18.3. The minimum Gasteiger partial charge on any atom is -0.349 e. The van der Waals surface area contributed by atoms with E-state index in [9.17, 15) is 4.79 Å². The van der Waals surface area contributed by atoms with Crippen LogP contribution in [-0.4, -0.2) is 34.4 Å². The number of carbonyl (C=O) groups excluding carboxylic acids is 1. The van der Waals surface area contributed by atoms with E-state index in [1.807, 2.05) is 25.2 Å². The fraction of sp³-hybridized carbons (Fsp3) is 0.273. The van der Waals surface area contributed by atoms with Crippen LogP contribution < -0.4 is 10.6 Å². The number of nitrogens with one attached hydrogen (secondary N) is 2. The molecular weight excluding hydrogens is 368 g/mol. The van der Waals surface area contributed by atoms with Crippen LogP contribution in [-0.2, 0) is 0 Å². The Balaban J connectivity index is 1.42. The summed E-state index contributed by atoms with van der Waals surface area (Å²) in [6.45, 7) is 2.09. The average Bonchev–Trinajstić information content (AvgIpc) is 3.21. The molecule has 5 rings (SSSR count). The van der Waals surface area contributed by atoms with Crippen LogP contribution in [0, 0.1) is 6.92 Å². The second kappa shape index (κ2) is 6.72. The van der Waals surface area contributed by atoms with Gasteiger partial charge in [0.2, 0.25) is 0 Å². The third-order valence-electron chi connectivity index (χ3n) is 5.55. The number of amides is 1. The highest BCUT2D eigenvalue weighted by Gasteiger charge is 2.29. The number of nitrogens with zero attached hydrogens (tertiary/aromatic N) is 2. The number of thiazole rings is 1. The molecule has 1 fully saturated rings. The van der Waals surface area contributed by atoms with Crippen LogP contribution in [0.25, 0.3) is 26.4 Å². The van der Waals surface area contributed by atoms with Gasteiger partial charge in [0, 0.05) is 29.4 Å². The largest absolute Gasteiger partial charge is 0.349 e. The van der Waals surface area contributed by atoms with Gasteiger partial charge in [-0.2, -0.15) is 0 Å². The zero-order chi connectivity index (χ0) is 19.3. The highest BCUT2D eigenvalue weighted by atomic mass is 32.1. The Hall–Kier alpha value is -2.70. The van der Waals surface area contributed by atoms with E-state index in [1.54, 1.807) is 11.3 Å². The van der Waals surface area contributed by atoms with E-state index in [-0.39, 0.29) is 11.9 Å². The lowest BCUT2D eigenvalue weighted by atomic mass is 9.87. The van der Waals surface area contributed by atoms with Crippen molar-refractivity contribution in [3.63, 3.8) is 0 Å². The fourth-order valence-electron chi connectivity index (χ4n) is 3.83. The van der Waals surface area contributed by atoms with E-state index in [0.29, 0.717) is 11.6 Å². The summed E-state index contributed by atoms with van der Waals surface area (Å²) in [7, 11) is 1.97. The van der Waals surface area contributed by atoms with E-state index in [2.05, 4.69) is 52.4 Å². The first kappa shape index (κ1) is 17.4. The lowest BCUT2D eigenvalue weighted by molar-refractivity contribution is 0.0904. The molecule has 1 aliphatic carbocycles. The molecule has 4 aromatic rings. The van der Waals surface area contributed by atoms with Gasteiger partial charge in [-0.25, -0.2) is 4.98 Å². The summed E-state index contributed by atoms with van der Waals surface area (Å²) in [5, 5.41) is 6.37. The normalized spacial score (nSPS) is 19.1. The Morgan fingerprint density at radius 3 is 2.82 bits per heavy atom. The summed E-state index contributed by atoms with van der Waals surface area (Å²) < 4.78 is 3.19. The van der Waals surface area contributed by atoms with Crippen molar-refractivity contribution in [1.29, 1.82) is 0 Å². The number of imidazole rings is 1. The summed E-state index contributed by atoms with van der Waals surface area (Å²) in [5.74, 6) is 0.00735. The van der Waals surface area contributed by atoms with Crippen molar-refractivity contribution >= 4 is 32.4 Å². The maximum atomic E-state index is 12.6. The minimum atomic E-state index is 0.00735. The van der Waals surface area contributed by atoms with E-state index in [0.717, 1.165) is 39.3 Å². The average molecular weight is 391 g/mol. The van der Waals surface area contributed by atoms with Crippen LogP contribution in [0.1, 0.15) is 28.8 Å². The van der Waals surface area contributed by atoms with Crippen molar-refractivity contribution in [2.45, 2.75) is 31.8 Å². The lowest BCUT2D eigenvalue weighted by Gasteiger charge is -2.35. The van der Waals surface area contributed by atoms with E-state index in [1.165, 1.54) is 5.56 Å². The first-order chi connectivity index (χ1) is 13.6. The molecule has 2 aromatic carbocycles. The van der Waals surface area contributed by atoms with E-state index in [4.69, 9.17) is 4.98 Å². The molecular formula is C22H22N4OS. The Labute approximate surface area is 167 Å². The Morgan fingerprint density at radius 2 is 2.04 bits per heavy atom. The molecule has 0 unspecified atom stereocenters. The second-order valence-corrected chi connectivity index (χ2v) is 8.57. The zero-order valence-corrected chi connectivity index (χ0v) is 16.7. The van der Waals surface area contributed by atoms with Crippen LogP contribution in [0.2, 0.25) is 0 Å². The number of fused-ring (bicyclic) bond motifs is 3. The highest BCUT2D eigenvalue weighted by molar-refractivity contribution is 7.23. The smallest absolute Gasteiger partial charge is 0.251 e.